The second-order valence-corrected chi connectivity index (χ2v) is 8.69. The smallest absolute Gasteiger partial charge is 0.321 e. The van der Waals surface area contributed by atoms with Gasteiger partial charge in [-0.1, -0.05) is 13.8 Å². The summed E-state index contributed by atoms with van der Waals surface area (Å²) in [4.78, 5) is 36.0. The standard InChI is InChI=1S/C18H28N2O5/c1-11(2)8-19-16(23)20-14(21)9-25-15(22)17-4-12-3-13(5-17)7-18(24,6-12)10-17/h11-13,24H,3-10H2,1-2H3,(H2,19,20,21,23)/t12-,13-,17?,18?/m0/s1. The Hall–Kier alpha value is -1.63. The van der Waals surface area contributed by atoms with E-state index in [1.165, 1.54) is 0 Å². The fraction of sp³-hybridized carbons (Fsp3) is 0.833. The fourth-order valence-corrected chi connectivity index (χ4v) is 5.24. The van der Waals surface area contributed by atoms with Crippen molar-refractivity contribution in [1.29, 1.82) is 0 Å². The third-order valence-corrected chi connectivity index (χ3v) is 5.72. The zero-order valence-electron chi connectivity index (χ0n) is 15.0. The van der Waals surface area contributed by atoms with Crippen molar-refractivity contribution in [2.45, 2.75) is 58.0 Å². The van der Waals surface area contributed by atoms with Crippen LogP contribution in [0.15, 0.2) is 0 Å². The molecule has 25 heavy (non-hydrogen) atoms. The van der Waals surface area contributed by atoms with E-state index in [2.05, 4.69) is 10.6 Å². The van der Waals surface area contributed by atoms with Crippen LogP contribution in [0, 0.1) is 23.2 Å². The lowest BCUT2D eigenvalue weighted by atomic mass is 9.48. The predicted octanol–water partition coefficient (Wildman–Crippen LogP) is 1.34. The van der Waals surface area contributed by atoms with E-state index < -0.39 is 35.5 Å². The third kappa shape index (κ3) is 3.97. The highest BCUT2D eigenvalue weighted by molar-refractivity contribution is 5.95. The van der Waals surface area contributed by atoms with Crippen molar-refractivity contribution in [3.63, 3.8) is 0 Å². The zero-order valence-corrected chi connectivity index (χ0v) is 15.0. The number of rotatable bonds is 5. The molecule has 140 valence electrons. The van der Waals surface area contributed by atoms with Crippen molar-refractivity contribution in [2.75, 3.05) is 13.2 Å². The van der Waals surface area contributed by atoms with Crippen LogP contribution in [-0.4, -0.2) is 41.8 Å². The van der Waals surface area contributed by atoms with E-state index >= 15 is 0 Å². The Balaban J connectivity index is 1.50. The van der Waals surface area contributed by atoms with Crippen LogP contribution in [0.3, 0.4) is 0 Å². The summed E-state index contributed by atoms with van der Waals surface area (Å²) in [5.74, 6) is -0.0275. The molecule has 0 aromatic rings. The molecule has 7 nitrogen and oxygen atoms in total. The summed E-state index contributed by atoms with van der Waals surface area (Å²) in [5, 5.41) is 15.4. The van der Waals surface area contributed by atoms with Crippen LogP contribution in [0.25, 0.3) is 0 Å². The summed E-state index contributed by atoms with van der Waals surface area (Å²) in [6.45, 7) is 3.89. The lowest BCUT2D eigenvalue weighted by Gasteiger charge is -2.58. The second-order valence-electron chi connectivity index (χ2n) is 8.69. The maximum atomic E-state index is 12.6. The largest absolute Gasteiger partial charge is 0.455 e. The molecule has 0 aromatic heterocycles. The third-order valence-electron chi connectivity index (χ3n) is 5.72. The van der Waals surface area contributed by atoms with Crippen LogP contribution >= 0.6 is 0 Å². The van der Waals surface area contributed by atoms with Crippen LogP contribution in [0.5, 0.6) is 0 Å². The van der Waals surface area contributed by atoms with Gasteiger partial charge in [0.15, 0.2) is 6.61 Å². The summed E-state index contributed by atoms with van der Waals surface area (Å²) in [5.41, 5.74) is -1.40. The van der Waals surface area contributed by atoms with Crippen LogP contribution in [0.4, 0.5) is 4.79 Å². The van der Waals surface area contributed by atoms with E-state index in [9.17, 15) is 19.5 Å². The maximum Gasteiger partial charge on any atom is 0.321 e. The quantitative estimate of drug-likeness (QED) is 0.648. The molecule has 7 heteroatoms. The van der Waals surface area contributed by atoms with Gasteiger partial charge in [-0.15, -0.1) is 0 Å². The molecule has 3 N–H and O–H groups in total. The molecule has 0 unspecified atom stereocenters. The fourth-order valence-electron chi connectivity index (χ4n) is 5.24. The van der Waals surface area contributed by atoms with Crippen molar-refractivity contribution in [1.82, 2.24) is 10.6 Å². The Morgan fingerprint density at radius 3 is 2.36 bits per heavy atom. The van der Waals surface area contributed by atoms with Crippen molar-refractivity contribution in [3.05, 3.63) is 0 Å². The van der Waals surface area contributed by atoms with Crippen LogP contribution in [0.1, 0.15) is 52.4 Å². The molecule has 0 heterocycles. The summed E-state index contributed by atoms with van der Waals surface area (Å²) < 4.78 is 5.22. The van der Waals surface area contributed by atoms with Gasteiger partial charge >= 0.3 is 12.0 Å². The molecular formula is C18H28N2O5. The molecule has 0 spiro atoms. The predicted molar refractivity (Wildman–Crippen MR) is 89.4 cm³/mol. The number of imide groups is 1. The van der Waals surface area contributed by atoms with Crippen molar-refractivity contribution in [2.24, 2.45) is 23.2 Å². The SMILES string of the molecule is CC(C)CNC(=O)NC(=O)COC(=O)C12C[C@@H]3C[C@H](CC(O)(C3)C1)C2. The number of urea groups is 1. The average molecular weight is 352 g/mol. The van der Waals surface area contributed by atoms with Gasteiger partial charge in [-0.25, -0.2) is 4.79 Å². The first-order valence-corrected chi connectivity index (χ1v) is 9.17. The number of amides is 3. The molecule has 4 aliphatic carbocycles. The van der Waals surface area contributed by atoms with Crippen LogP contribution < -0.4 is 10.6 Å². The highest BCUT2D eigenvalue weighted by Crippen LogP contribution is 2.61. The highest BCUT2D eigenvalue weighted by Gasteiger charge is 2.60. The van der Waals surface area contributed by atoms with E-state index in [0.717, 1.165) is 32.1 Å². The Kier molecular flexibility index (Phi) is 4.79. The molecule has 0 aromatic carbocycles. The average Bonchev–Trinajstić information content (AvgIpc) is 2.48. The van der Waals surface area contributed by atoms with Gasteiger partial charge in [-0.2, -0.15) is 0 Å². The first kappa shape index (κ1) is 18.2. The number of hydrogen-bond donors (Lipinski definition) is 3. The lowest BCUT2D eigenvalue weighted by molar-refractivity contribution is -0.196. The molecule has 4 aliphatic rings. The van der Waals surface area contributed by atoms with E-state index in [-0.39, 0.29) is 5.92 Å². The van der Waals surface area contributed by atoms with E-state index in [0.29, 0.717) is 24.8 Å². The Morgan fingerprint density at radius 2 is 1.80 bits per heavy atom. The molecule has 2 atom stereocenters. The second kappa shape index (κ2) is 6.59. The first-order chi connectivity index (χ1) is 11.7. The van der Waals surface area contributed by atoms with Gasteiger partial charge in [0.05, 0.1) is 11.0 Å². The van der Waals surface area contributed by atoms with Gasteiger partial charge in [0.2, 0.25) is 0 Å². The monoisotopic (exact) mass is 352 g/mol. The molecule has 0 aliphatic heterocycles. The van der Waals surface area contributed by atoms with Crippen molar-refractivity contribution < 1.29 is 24.2 Å². The Labute approximate surface area is 147 Å². The van der Waals surface area contributed by atoms with Crippen molar-refractivity contribution in [3.8, 4) is 0 Å². The number of carbonyl (C=O) groups excluding carboxylic acids is 3. The molecule has 0 saturated heterocycles. The number of carbonyl (C=O) groups is 3. The van der Waals surface area contributed by atoms with Crippen LogP contribution in [0.2, 0.25) is 0 Å². The number of nitrogens with one attached hydrogen (secondary N) is 2. The number of hydrogen-bond acceptors (Lipinski definition) is 5. The summed E-state index contributed by atoms with van der Waals surface area (Å²) in [7, 11) is 0. The zero-order chi connectivity index (χ0) is 18.2. The number of aliphatic hydroxyl groups is 1. The normalized spacial score (nSPS) is 35.5. The van der Waals surface area contributed by atoms with Gasteiger partial charge in [-0.3, -0.25) is 14.9 Å². The van der Waals surface area contributed by atoms with E-state index in [4.69, 9.17) is 4.74 Å². The van der Waals surface area contributed by atoms with Gasteiger partial charge in [0, 0.05) is 6.54 Å². The summed E-state index contributed by atoms with van der Waals surface area (Å²) >= 11 is 0. The van der Waals surface area contributed by atoms with E-state index in [1.807, 2.05) is 13.8 Å². The van der Waals surface area contributed by atoms with Gasteiger partial charge in [0.25, 0.3) is 5.91 Å². The minimum atomic E-state index is -0.748. The Morgan fingerprint density at radius 1 is 1.16 bits per heavy atom. The molecule has 4 bridgehead atoms. The number of ether oxygens (including phenoxy) is 1. The topological polar surface area (TPSA) is 105 Å². The maximum absolute atomic E-state index is 12.6. The molecule has 4 saturated carbocycles. The highest BCUT2D eigenvalue weighted by atomic mass is 16.5. The summed E-state index contributed by atoms with van der Waals surface area (Å²) in [6.07, 6.45) is 4.53. The summed E-state index contributed by atoms with van der Waals surface area (Å²) in [6, 6.07) is -0.584. The van der Waals surface area contributed by atoms with Crippen LogP contribution in [-0.2, 0) is 14.3 Å². The van der Waals surface area contributed by atoms with E-state index in [1.54, 1.807) is 0 Å². The van der Waals surface area contributed by atoms with Gasteiger partial charge in [0.1, 0.15) is 0 Å². The van der Waals surface area contributed by atoms with Crippen molar-refractivity contribution >= 4 is 17.9 Å². The number of esters is 1. The van der Waals surface area contributed by atoms with Gasteiger partial charge in [-0.05, 0) is 56.3 Å². The Bertz CT molecular complexity index is 560. The lowest BCUT2D eigenvalue weighted by Crippen LogP contribution is -2.58. The molecular weight excluding hydrogens is 324 g/mol. The minimum absolute atomic E-state index is 0.278. The molecule has 4 rings (SSSR count). The molecule has 0 radical (unpaired) electrons. The molecule has 3 amide bonds. The van der Waals surface area contributed by atoms with Gasteiger partial charge < -0.3 is 15.2 Å². The molecule has 4 fully saturated rings. The minimum Gasteiger partial charge on any atom is -0.455 e. The first-order valence-electron chi connectivity index (χ1n) is 9.17.